The molecule has 1 saturated heterocycles. The third-order valence-corrected chi connectivity index (χ3v) is 3.45. The molecule has 1 aliphatic heterocycles. The van der Waals surface area contributed by atoms with Gasteiger partial charge in [-0.05, 0) is 50.2 Å². The lowest BCUT2D eigenvalue weighted by atomic mass is 9.94. The molecule has 0 radical (unpaired) electrons. The summed E-state index contributed by atoms with van der Waals surface area (Å²) in [5.74, 6) is 2.28. The number of piperidine rings is 1. The van der Waals surface area contributed by atoms with Gasteiger partial charge in [-0.2, -0.15) is 0 Å². The summed E-state index contributed by atoms with van der Waals surface area (Å²) in [6.07, 6.45) is 4.11. The molecule has 2 aromatic heterocycles. The molecule has 0 bridgehead atoms. The lowest BCUT2D eigenvalue weighted by Crippen LogP contribution is -2.27. The predicted octanol–water partition coefficient (Wildman–Crippen LogP) is 2.69. The molecule has 0 saturated carbocycles. The van der Waals surface area contributed by atoms with Crippen LogP contribution >= 0.6 is 0 Å². The third kappa shape index (κ3) is 3.09. The fourth-order valence-electron chi connectivity index (χ4n) is 2.43. The molecule has 4 heteroatoms. The summed E-state index contributed by atoms with van der Waals surface area (Å²) in [6, 6.07) is 12.0. The minimum atomic E-state index is 0.576. The van der Waals surface area contributed by atoms with Crippen LogP contribution < -0.4 is 10.6 Å². The SMILES string of the molecule is c1ccc(Nc2cccc(C3CCNCC3)n2)nc1. The largest absolute Gasteiger partial charge is 0.325 e. The van der Waals surface area contributed by atoms with E-state index in [4.69, 9.17) is 4.98 Å². The maximum absolute atomic E-state index is 4.71. The molecule has 0 atom stereocenters. The second-order valence-electron chi connectivity index (χ2n) is 4.81. The van der Waals surface area contributed by atoms with Crippen molar-refractivity contribution in [3.05, 3.63) is 48.3 Å². The van der Waals surface area contributed by atoms with E-state index in [9.17, 15) is 0 Å². The van der Waals surface area contributed by atoms with Gasteiger partial charge in [0.25, 0.3) is 0 Å². The Labute approximate surface area is 113 Å². The van der Waals surface area contributed by atoms with Gasteiger partial charge >= 0.3 is 0 Å². The van der Waals surface area contributed by atoms with E-state index in [1.165, 1.54) is 18.5 Å². The van der Waals surface area contributed by atoms with Crippen molar-refractivity contribution in [2.24, 2.45) is 0 Å². The molecular formula is C15H18N4. The summed E-state index contributed by atoms with van der Waals surface area (Å²) in [5.41, 5.74) is 1.18. The Kier molecular flexibility index (Phi) is 3.70. The molecule has 1 aliphatic rings. The number of nitrogens with zero attached hydrogens (tertiary/aromatic N) is 2. The van der Waals surface area contributed by atoms with Crippen LogP contribution in [-0.4, -0.2) is 23.1 Å². The standard InChI is InChI=1S/C15H18N4/c1-2-9-17-14(5-1)19-15-6-3-4-13(18-15)12-7-10-16-11-8-12/h1-6,9,12,16H,7-8,10-11H2,(H,17,18,19). The van der Waals surface area contributed by atoms with Gasteiger partial charge in [-0.15, -0.1) is 0 Å². The van der Waals surface area contributed by atoms with Gasteiger partial charge in [0.15, 0.2) is 0 Å². The number of anilines is 2. The summed E-state index contributed by atoms with van der Waals surface area (Å²) in [4.78, 5) is 8.97. The van der Waals surface area contributed by atoms with Crippen LogP contribution in [0.3, 0.4) is 0 Å². The number of pyridine rings is 2. The van der Waals surface area contributed by atoms with Crippen molar-refractivity contribution in [1.29, 1.82) is 0 Å². The molecule has 3 heterocycles. The third-order valence-electron chi connectivity index (χ3n) is 3.45. The van der Waals surface area contributed by atoms with Crippen LogP contribution in [0.15, 0.2) is 42.6 Å². The Morgan fingerprint density at radius 1 is 1.00 bits per heavy atom. The first kappa shape index (κ1) is 12.1. The molecule has 0 amide bonds. The van der Waals surface area contributed by atoms with Crippen molar-refractivity contribution in [3.63, 3.8) is 0 Å². The molecule has 0 unspecified atom stereocenters. The molecule has 2 aromatic rings. The maximum atomic E-state index is 4.71. The van der Waals surface area contributed by atoms with E-state index in [-0.39, 0.29) is 0 Å². The minimum Gasteiger partial charge on any atom is -0.325 e. The number of hydrogen-bond donors (Lipinski definition) is 2. The van der Waals surface area contributed by atoms with Crippen molar-refractivity contribution >= 4 is 11.6 Å². The fourth-order valence-corrected chi connectivity index (χ4v) is 2.43. The Balaban J connectivity index is 1.76. The number of aromatic nitrogens is 2. The predicted molar refractivity (Wildman–Crippen MR) is 76.6 cm³/mol. The van der Waals surface area contributed by atoms with E-state index in [1.807, 2.05) is 24.3 Å². The number of hydrogen-bond acceptors (Lipinski definition) is 4. The highest BCUT2D eigenvalue weighted by atomic mass is 15.1. The van der Waals surface area contributed by atoms with E-state index in [0.29, 0.717) is 5.92 Å². The normalized spacial score (nSPS) is 16.2. The van der Waals surface area contributed by atoms with E-state index in [2.05, 4.69) is 27.8 Å². The zero-order chi connectivity index (χ0) is 12.9. The Morgan fingerprint density at radius 2 is 1.84 bits per heavy atom. The van der Waals surface area contributed by atoms with Crippen LogP contribution in [0.1, 0.15) is 24.5 Å². The van der Waals surface area contributed by atoms with Gasteiger partial charge in [0.1, 0.15) is 11.6 Å². The maximum Gasteiger partial charge on any atom is 0.131 e. The highest BCUT2D eigenvalue weighted by molar-refractivity contribution is 5.51. The van der Waals surface area contributed by atoms with Crippen LogP contribution in [0, 0.1) is 0 Å². The molecule has 2 N–H and O–H groups in total. The van der Waals surface area contributed by atoms with Crippen molar-refractivity contribution < 1.29 is 0 Å². The van der Waals surface area contributed by atoms with Gasteiger partial charge in [-0.3, -0.25) is 0 Å². The monoisotopic (exact) mass is 254 g/mol. The van der Waals surface area contributed by atoms with E-state index >= 15 is 0 Å². The van der Waals surface area contributed by atoms with Crippen LogP contribution in [0.25, 0.3) is 0 Å². The van der Waals surface area contributed by atoms with Crippen LogP contribution in [-0.2, 0) is 0 Å². The second kappa shape index (κ2) is 5.80. The van der Waals surface area contributed by atoms with E-state index in [0.717, 1.165) is 24.7 Å². The first-order chi connectivity index (χ1) is 9.42. The highest BCUT2D eigenvalue weighted by Crippen LogP contribution is 2.24. The van der Waals surface area contributed by atoms with Crippen molar-refractivity contribution in [2.75, 3.05) is 18.4 Å². The number of nitrogens with one attached hydrogen (secondary N) is 2. The molecule has 1 fully saturated rings. The zero-order valence-corrected chi connectivity index (χ0v) is 10.8. The molecule has 98 valence electrons. The van der Waals surface area contributed by atoms with Crippen molar-refractivity contribution in [1.82, 2.24) is 15.3 Å². The smallest absolute Gasteiger partial charge is 0.131 e. The topological polar surface area (TPSA) is 49.8 Å². The van der Waals surface area contributed by atoms with Crippen molar-refractivity contribution in [2.45, 2.75) is 18.8 Å². The zero-order valence-electron chi connectivity index (χ0n) is 10.8. The van der Waals surface area contributed by atoms with Gasteiger partial charge in [0.05, 0.1) is 0 Å². The lowest BCUT2D eigenvalue weighted by molar-refractivity contribution is 0.453. The average molecular weight is 254 g/mol. The van der Waals surface area contributed by atoms with Gasteiger partial charge < -0.3 is 10.6 Å². The quantitative estimate of drug-likeness (QED) is 0.884. The summed E-state index contributed by atoms with van der Waals surface area (Å²) < 4.78 is 0. The summed E-state index contributed by atoms with van der Waals surface area (Å²) in [5, 5.41) is 6.63. The van der Waals surface area contributed by atoms with Gasteiger partial charge in [-0.25, -0.2) is 9.97 Å². The molecule has 0 spiro atoms. The second-order valence-corrected chi connectivity index (χ2v) is 4.81. The van der Waals surface area contributed by atoms with E-state index < -0.39 is 0 Å². The molecular weight excluding hydrogens is 236 g/mol. The summed E-state index contributed by atoms with van der Waals surface area (Å²) >= 11 is 0. The van der Waals surface area contributed by atoms with Gasteiger partial charge in [0, 0.05) is 17.8 Å². The van der Waals surface area contributed by atoms with Gasteiger partial charge in [0.2, 0.25) is 0 Å². The molecule has 19 heavy (non-hydrogen) atoms. The Morgan fingerprint density at radius 3 is 2.63 bits per heavy atom. The van der Waals surface area contributed by atoms with E-state index in [1.54, 1.807) is 6.20 Å². The minimum absolute atomic E-state index is 0.576. The van der Waals surface area contributed by atoms with Crippen molar-refractivity contribution in [3.8, 4) is 0 Å². The first-order valence-corrected chi connectivity index (χ1v) is 6.77. The van der Waals surface area contributed by atoms with Gasteiger partial charge in [-0.1, -0.05) is 12.1 Å². The highest BCUT2D eigenvalue weighted by Gasteiger charge is 2.16. The van der Waals surface area contributed by atoms with Crippen LogP contribution in [0.2, 0.25) is 0 Å². The molecule has 0 aromatic carbocycles. The summed E-state index contributed by atoms with van der Waals surface area (Å²) in [6.45, 7) is 2.18. The number of rotatable bonds is 3. The van der Waals surface area contributed by atoms with Crippen LogP contribution in [0.5, 0.6) is 0 Å². The Hall–Kier alpha value is -1.94. The lowest BCUT2D eigenvalue weighted by Gasteiger charge is -2.22. The Bertz CT molecular complexity index is 521. The van der Waals surface area contributed by atoms with Crippen LogP contribution in [0.4, 0.5) is 11.6 Å². The first-order valence-electron chi connectivity index (χ1n) is 6.77. The summed E-state index contributed by atoms with van der Waals surface area (Å²) in [7, 11) is 0. The average Bonchev–Trinajstić information content (AvgIpc) is 2.49. The fraction of sp³-hybridized carbons (Fsp3) is 0.333. The molecule has 4 nitrogen and oxygen atoms in total. The molecule has 0 aliphatic carbocycles. The molecule has 3 rings (SSSR count).